The van der Waals surface area contributed by atoms with Crippen molar-refractivity contribution < 1.29 is 0 Å². The van der Waals surface area contributed by atoms with Crippen LogP contribution in [0.4, 0.5) is 0 Å². The quantitative estimate of drug-likeness (QED) is 0.695. The number of benzene rings is 1. The van der Waals surface area contributed by atoms with Gasteiger partial charge in [0, 0.05) is 35.9 Å². The second-order valence-corrected chi connectivity index (χ2v) is 4.42. The molecule has 0 fully saturated rings. The van der Waals surface area contributed by atoms with Gasteiger partial charge >= 0.3 is 0 Å². The summed E-state index contributed by atoms with van der Waals surface area (Å²) in [5.74, 6) is 0. The van der Waals surface area contributed by atoms with Gasteiger partial charge in [0.2, 0.25) is 0 Å². The van der Waals surface area contributed by atoms with E-state index in [0.29, 0.717) is 0 Å². The molecule has 0 saturated heterocycles. The summed E-state index contributed by atoms with van der Waals surface area (Å²) in [6.45, 7) is 2.08. The van der Waals surface area contributed by atoms with E-state index in [1.54, 1.807) is 24.8 Å². The first-order valence-electron chi connectivity index (χ1n) is 6.11. The van der Waals surface area contributed by atoms with E-state index in [1.165, 1.54) is 5.56 Å². The summed E-state index contributed by atoms with van der Waals surface area (Å²) >= 11 is 0. The number of rotatable bonds is 2. The molecule has 3 nitrogen and oxygen atoms in total. The van der Waals surface area contributed by atoms with Gasteiger partial charge in [0.05, 0.1) is 11.9 Å². The molecule has 0 aliphatic heterocycles. The molecule has 0 N–H and O–H groups in total. The third kappa shape index (κ3) is 2.50. The fourth-order valence-electron chi connectivity index (χ4n) is 2.08. The third-order valence-corrected chi connectivity index (χ3v) is 2.93. The zero-order valence-corrected chi connectivity index (χ0v) is 10.6. The molecule has 3 rings (SSSR count). The standard InChI is InChI=1S/C16H13N3/c1-12-7-14(13-3-2-4-17-10-13)9-15(8-12)16-11-18-5-6-19-16/h2-11H,1H3. The smallest absolute Gasteiger partial charge is 0.0885 e. The molecule has 1 aromatic carbocycles. The van der Waals surface area contributed by atoms with Crippen molar-refractivity contribution in [2.24, 2.45) is 0 Å². The van der Waals surface area contributed by atoms with E-state index >= 15 is 0 Å². The van der Waals surface area contributed by atoms with Gasteiger partial charge in [-0.15, -0.1) is 0 Å². The summed E-state index contributed by atoms with van der Waals surface area (Å²) in [6, 6.07) is 10.4. The maximum atomic E-state index is 4.35. The lowest BCUT2D eigenvalue weighted by molar-refractivity contribution is 1.20. The van der Waals surface area contributed by atoms with Gasteiger partial charge < -0.3 is 0 Å². The van der Waals surface area contributed by atoms with Crippen LogP contribution in [0.25, 0.3) is 22.4 Å². The fourth-order valence-corrected chi connectivity index (χ4v) is 2.08. The average Bonchev–Trinajstić information content (AvgIpc) is 2.48. The van der Waals surface area contributed by atoms with Crippen LogP contribution in [0.15, 0.2) is 61.3 Å². The number of hydrogen-bond acceptors (Lipinski definition) is 3. The Morgan fingerprint density at radius 1 is 0.789 bits per heavy atom. The van der Waals surface area contributed by atoms with Crippen LogP contribution in [-0.4, -0.2) is 15.0 Å². The number of pyridine rings is 1. The van der Waals surface area contributed by atoms with Crippen molar-refractivity contribution in [1.82, 2.24) is 15.0 Å². The molecule has 3 aromatic rings. The van der Waals surface area contributed by atoms with Crippen LogP contribution in [0, 0.1) is 6.92 Å². The number of aryl methyl sites for hydroxylation is 1. The summed E-state index contributed by atoms with van der Waals surface area (Å²) in [4.78, 5) is 12.6. The first-order valence-corrected chi connectivity index (χ1v) is 6.11. The van der Waals surface area contributed by atoms with Crippen LogP contribution < -0.4 is 0 Å². The van der Waals surface area contributed by atoms with Crippen molar-refractivity contribution in [3.8, 4) is 22.4 Å². The second-order valence-electron chi connectivity index (χ2n) is 4.42. The minimum absolute atomic E-state index is 0.886. The molecule has 0 aliphatic rings. The number of nitrogens with zero attached hydrogens (tertiary/aromatic N) is 3. The summed E-state index contributed by atoms with van der Waals surface area (Å²) < 4.78 is 0. The normalized spacial score (nSPS) is 10.4. The molecular formula is C16H13N3. The summed E-state index contributed by atoms with van der Waals surface area (Å²) in [6.07, 6.45) is 8.82. The van der Waals surface area contributed by atoms with Gasteiger partial charge in [-0.3, -0.25) is 15.0 Å². The van der Waals surface area contributed by atoms with Crippen LogP contribution in [0.5, 0.6) is 0 Å². The highest BCUT2D eigenvalue weighted by atomic mass is 14.8. The Morgan fingerprint density at radius 3 is 2.37 bits per heavy atom. The average molecular weight is 247 g/mol. The predicted molar refractivity (Wildman–Crippen MR) is 75.4 cm³/mol. The van der Waals surface area contributed by atoms with E-state index < -0.39 is 0 Å². The second kappa shape index (κ2) is 4.98. The summed E-state index contributed by atoms with van der Waals surface area (Å²) in [5, 5.41) is 0. The molecular weight excluding hydrogens is 234 g/mol. The van der Waals surface area contributed by atoms with Crippen LogP contribution in [-0.2, 0) is 0 Å². The van der Waals surface area contributed by atoms with Crippen molar-refractivity contribution >= 4 is 0 Å². The van der Waals surface area contributed by atoms with Gasteiger partial charge in [-0.25, -0.2) is 0 Å². The monoisotopic (exact) mass is 247 g/mol. The highest BCUT2D eigenvalue weighted by molar-refractivity contribution is 5.71. The van der Waals surface area contributed by atoms with Gasteiger partial charge in [0.25, 0.3) is 0 Å². The van der Waals surface area contributed by atoms with Crippen LogP contribution in [0.2, 0.25) is 0 Å². The first kappa shape index (κ1) is 11.5. The number of hydrogen-bond donors (Lipinski definition) is 0. The van der Waals surface area contributed by atoms with Crippen molar-refractivity contribution in [3.63, 3.8) is 0 Å². The Hall–Kier alpha value is -2.55. The minimum Gasteiger partial charge on any atom is -0.264 e. The maximum Gasteiger partial charge on any atom is 0.0885 e. The molecule has 0 bridgehead atoms. The molecule has 3 heteroatoms. The zero-order chi connectivity index (χ0) is 13.1. The molecule has 0 radical (unpaired) electrons. The van der Waals surface area contributed by atoms with E-state index in [2.05, 4.69) is 46.1 Å². The highest BCUT2D eigenvalue weighted by Crippen LogP contribution is 2.26. The Bertz CT molecular complexity index is 621. The van der Waals surface area contributed by atoms with Crippen molar-refractivity contribution in [2.45, 2.75) is 6.92 Å². The molecule has 0 amide bonds. The lowest BCUT2D eigenvalue weighted by Crippen LogP contribution is -1.88. The van der Waals surface area contributed by atoms with E-state index in [-0.39, 0.29) is 0 Å². The fraction of sp³-hybridized carbons (Fsp3) is 0.0625. The molecule has 2 aromatic heterocycles. The van der Waals surface area contributed by atoms with E-state index in [4.69, 9.17) is 0 Å². The van der Waals surface area contributed by atoms with Gasteiger partial charge in [-0.05, 0) is 36.2 Å². The Labute approximate surface area is 112 Å². The van der Waals surface area contributed by atoms with Crippen LogP contribution in [0.1, 0.15) is 5.56 Å². The topological polar surface area (TPSA) is 38.7 Å². The third-order valence-electron chi connectivity index (χ3n) is 2.93. The van der Waals surface area contributed by atoms with Crippen molar-refractivity contribution in [3.05, 3.63) is 66.9 Å². The predicted octanol–water partition coefficient (Wildman–Crippen LogP) is 3.51. The Kier molecular flexibility index (Phi) is 3.02. The SMILES string of the molecule is Cc1cc(-c2cccnc2)cc(-c2cnccn2)c1. The summed E-state index contributed by atoms with van der Waals surface area (Å²) in [7, 11) is 0. The molecule has 0 unspecified atom stereocenters. The van der Waals surface area contributed by atoms with Gasteiger partial charge in [-0.1, -0.05) is 12.1 Å². The Balaban J connectivity index is 2.12. The maximum absolute atomic E-state index is 4.35. The van der Waals surface area contributed by atoms with Crippen LogP contribution in [0.3, 0.4) is 0 Å². The molecule has 0 saturated carbocycles. The first-order chi connectivity index (χ1) is 9.33. The Morgan fingerprint density at radius 2 is 1.63 bits per heavy atom. The van der Waals surface area contributed by atoms with Gasteiger partial charge in [-0.2, -0.15) is 0 Å². The highest BCUT2D eigenvalue weighted by Gasteiger charge is 2.04. The lowest BCUT2D eigenvalue weighted by atomic mass is 10.0. The van der Waals surface area contributed by atoms with E-state index in [9.17, 15) is 0 Å². The minimum atomic E-state index is 0.886. The van der Waals surface area contributed by atoms with E-state index in [1.807, 2.05) is 12.3 Å². The zero-order valence-electron chi connectivity index (χ0n) is 10.6. The molecule has 0 spiro atoms. The molecule has 2 heterocycles. The molecule has 19 heavy (non-hydrogen) atoms. The van der Waals surface area contributed by atoms with E-state index in [0.717, 1.165) is 22.4 Å². The van der Waals surface area contributed by atoms with Gasteiger partial charge in [0.1, 0.15) is 0 Å². The van der Waals surface area contributed by atoms with Crippen LogP contribution >= 0.6 is 0 Å². The molecule has 0 atom stereocenters. The largest absolute Gasteiger partial charge is 0.264 e. The van der Waals surface area contributed by atoms with Crippen molar-refractivity contribution in [2.75, 3.05) is 0 Å². The molecule has 92 valence electrons. The lowest BCUT2D eigenvalue weighted by Gasteiger charge is -2.07. The molecule has 0 aliphatic carbocycles. The summed E-state index contributed by atoms with van der Waals surface area (Å²) in [5.41, 5.74) is 5.41. The number of aromatic nitrogens is 3. The van der Waals surface area contributed by atoms with Gasteiger partial charge in [0.15, 0.2) is 0 Å². The van der Waals surface area contributed by atoms with Crippen molar-refractivity contribution in [1.29, 1.82) is 0 Å².